The first-order chi connectivity index (χ1) is 6.77. The van der Waals surface area contributed by atoms with Crippen LogP contribution in [0.3, 0.4) is 0 Å². The molecule has 1 aromatic heterocycles. The molecule has 0 unspecified atom stereocenters. The lowest BCUT2D eigenvalue weighted by molar-refractivity contribution is 0.463. The molecule has 1 heterocycles. The second-order valence-electron chi connectivity index (χ2n) is 3.75. The zero-order chi connectivity index (χ0) is 11.7. The maximum absolute atomic E-state index is 11.8. The molecule has 7 heteroatoms. The Hall–Kier alpha value is -0.140. The Bertz CT molecular complexity index is 439. The predicted octanol–water partition coefficient (Wildman–Crippen LogP) is 1.42. The minimum absolute atomic E-state index is 0.203. The second-order valence-corrected chi connectivity index (χ2v) is 7.38. The van der Waals surface area contributed by atoms with Crippen LogP contribution in [-0.4, -0.2) is 20.5 Å². The van der Waals surface area contributed by atoms with Crippen molar-refractivity contribution in [1.82, 2.24) is 4.72 Å². The van der Waals surface area contributed by atoms with Crippen LogP contribution in [-0.2, 0) is 10.0 Å². The Balaban J connectivity index is 2.95. The number of rotatable bonds is 4. The lowest BCUT2D eigenvalue weighted by atomic mass is 10.1. The minimum atomic E-state index is -3.51. The highest BCUT2D eigenvalue weighted by Crippen LogP contribution is 2.26. The molecule has 0 radical (unpaired) electrons. The lowest BCUT2D eigenvalue weighted by Crippen LogP contribution is -2.48. The molecule has 3 N–H and O–H groups in total. The maximum Gasteiger partial charge on any atom is 0.250 e. The fourth-order valence-corrected chi connectivity index (χ4v) is 3.80. The third kappa shape index (κ3) is 3.42. The number of nitrogens with one attached hydrogen (secondary N) is 1. The van der Waals surface area contributed by atoms with Gasteiger partial charge in [-0.25, -0.2) is 13.1 Å². The summed E-state index contributed by atoms with van der Waals surface area (Å²) in [7, 11) is -3.51. The molecule has 0 saturated heterocycles. The largest absolute Gasteiger partial charge is 0.329 e. The molecule has 86 valence electrons. The van der Waals surface area contributed by atoms with Gasteiger partial charge in [0.1, 0.15) is 4.21 Å². The molecule has 0 amide bonds. The van der Waals surface area contributed by atoms with Gasteiger partial charge < -0.3 is 5.73 Å². The molecule has 0 bridgehead atoms. The van der Waals surface area contributed by atoms with Crippen molar-refractivity contribution in [2.75, 3.05) is 6.54 Å². The van der Waals surface area contributed by atoms with Crippen LogP contribution in [0.2, 0.25) is 4.34 Å². The van der Waals surface area contributed by atoms with E-state index in [1.807, 2.05) is 0 Å². The van der Waals surface area contributed by atoms with Gasteiger partial charge in [0, 0.05) is 12.1 Å². The summed E-state index contributed by atoms with van der Waals surface area (Å²) in [6, 6.07) is 3.03. The zero-order valence-corrected chi connectivity index (χ0v) is 10.8. The summed E-state index contributed by atoms with van der Waals surface area (Å²) < 4.78 is 26.8. The average Bonchev–Trinajstić information content (AvgIpc) is 2.51. The molecule has 0 aliphatic heterocycles. The maximum atomic E-state index is 11.8. The zero-order valence-electron chi connectivity index (χ0n) is 8.45. The van der Waals surface area contributed by atoms with E-state index >= 15 is 0 Å². The monoisotopic (exact) mass is 268 g/mol. The SMILES string of the molecule is CC(C)(CN)NS(=O)(=O)c1ccc(Cl)s1. The summed E-state index contributed by atoms with van der Waals surface area (Å²) in [6.07, 6.45) is 0. The number of nitrogens with two attached hydrogens (primary N) is 1. The van der Waals surface area contributed by atoms with E-state index in [1.165, 1.54) is 6.07 Å². The molecule has 0 aliphatic rings. The second kappa shape index (κ2) is 4.39. The quantitative estimate of drug-likeness (QED) is 0.867. The minimum Gasteiger partial charge on any atom is -0.329 e. The molecule has 0 saturated carbocycles. The van der Waals surface area contributed by atoms with Gasteiger partial charge in [-0.2, -0.15) is 0 Å². The number of halogens is 1. The molecular weight excluding hydrogens is 256 g/mol. The van der Waals surface area contributed by atoms with Crippen LogP contribution in [0.5, 0.6) is 0 Å². The van der Waals surface area contributed by atoms with E-state index in [4.69, 9.17) is 17.3 Å². The van der Waals surface area contributed by atoms with Gasteiger partial charge in [0.15, 0.2) is 0 Å². The third-order valence-corrected chi connectivity index (χ3v) is 5.16. The van der Waals surface area contributed by atoms with E-state index in [1.54, 1.807) is 19.9 Å². The highest BCUT2D eigenvalue weighted by Gasteiger charge is 2.25. The van der Waals surface area contributed by atoms with E-state index in [0.29, 0.717) is 4.34 Å². The van der Waals surface area contributed by atoms with Crippen LogP contribution in [0.25, 0.3) is 0 Å². The number of hydrogen-bond donors (Lipinski definition) is 2. The van der Waals surface area contributed by atoms with E-state index in [2.05, 4.69) is 4.72 Å². The van der Waals surface area contributed by atoms with Crippen molar-refractivity contribution in [1.29, 1.82) is 0 Å². The normalized spacial score (nSPS) is 13.1. The van der Waals surface area contributed by atoms with Crippen molar-refractivity contribution in [3.63, 3.8) is 0 Å². The van der Waals surface area contributed by atoms with E-state index in [0.717, 1.165) is 11.3 Å². The van der Waals surface area contributed by atoms with Crippen molar-refractivity contribution >= 4 is 33.0 Å². The number of sulfonamides is 1. The van der Waals surface area contributed by atoms with Crippen LogP contribution in [0.4, 0.5) is 0 Å². The number of hydrogen-bond acceptors (Lipinski definition) is 4. The smallest absolute Gasteiger partial charge is 0.250 e. The molecule has 0 fully saturated rings. The Labute approximate surface area is 98.5 Å². The van der Waals surface area contributed by atoms with Gasteiger partial charge in [0.2, 0.25) is 0 Å². The van der Waals surface area contributed by atoms with Gasteiger partial charge in [-0.1, -0.05) is 11.6 Å². The fraction of sp³-hybridized carbons (Fsp3) is 0.500. The lowest BCUT2D eigenvalue weighted by Gasteiger charge is -2.23. The van der Waals surface area contributed by atoms with E-state index in [9.17, 15) is 8.42 Å². The Kier molecular flexibility index (Phi) is 3.78. The summed E-state index contributed by atoms with van der Waals surface area (Å²) in [5, 5.41) is 0. The summed E-state index contributed by atoms with van der Waals surface area (Å²) in [4.78, 5) is 0. The summed E-state index contributed by atoms with van der Waals surface area (Å²) in [5.41, 5.74) is 4.79. The van der Waals surface area contributed by atoms with Crippen LogP contribution >= 0.6 is 22.9 Å². The van der Waals surface area contributed by atoms with Gasteiger partial charge in [0.05, 0.1) is 4.34 Å². The number of thiophene rings is 1. The molecular formula is C8H13ClN2O2S2. The molecule has 0 atom stereocenters. The van der Waals surface area contributed by atoms with Gasteiger partial charge in [0.25, 0.3) is 10.0 Å². The molecule has 1 rings (SSSR count). The summed E-state index contributed by atoms with van der Waals surface area (Å²) >= 11 is 6.69. The van der Waals surface area contributed by atoms with Crippen molar-refractivity contribution in [2.24, 2.45) is 5.73 Å². The Morgan fingerprint density at radius 2 is 2.13 bits per heavy atom. The average molecular weight is 269 g/mol. The van der Waals surface area contributed by atoms with Crippen LogP contribution in [0.15, 0.2) is 16.3 Å². The van der Waals surface area contributed by atoms with Crippen molar-refractivity contribution in [3.8, 4) is 0 Å². The summed E-state index contributed by atoms with van der Waals surface area (Å²) in [5.74, 6) is 0. The van der Waals surface area contributed by atoms with Gasteiger partial charge in [-0.3, -0.25) is 0 Å². The Morgan fingerprint density at radius 1 is 1.53 bits per heavy atom. The molecule has 0 aromatic carbocycles. The predicted molar refractivity (Wildman–Crippen MR) is 62.8 cm³/mol. The standard InChI is InChI=1S/C8H13ClN2O2S2/c1-8(2,5-10)11-15(12,13)7-4-3-6(9)14-7/h3-4,11H,5,10H2,1-2H3. The van der Waals surface area contributed by atoms with Gasteiger partial charge >= 0.3 is 0 Å². The van der Waals surface area contributed by atoms with E-state index < -0.39 is 15.6 Å². The summed E-state index contributed by atoms with van der Waals surface area (Å²) in [6.45, 7) is 3.67. The first kappa shape index (κ1) is 12.9. The molecule has 1 aromatic rings. The third-order valence-electron chi connectivity index (χ3n) is 1.73. The van der Waals surface area contributed by atoms with E-state index in [-0.39, 0.29) is 10.8 Å². The molecule has 0 aliphatic carbocycles. The van der Waals surface area contributed by atoms with Crippen molar-refractivity contribution < 1.29 is 8.42 Å². The fourth-order valence-electron chi connectivity index (χ4n) is 0.898. The highest BCUT2D eigenvalue weighted by molar-refractivity contribution is 7.91. The molecule has 15 heavy (non-hydrogen) atoms. The molecule has 4 nitrogen and oxygen atoms in total. The van der Waals surface area contributed by atoms with Crippen LogP contribution in [0.1, 0.15) is 13.8 Å². The van der Waals surface area contributed by atoms with Crippen molar-refractivity contribution in [2.45, 2.75) is 23.6 Å². The van der Waals surface area contributed by atoms with Gasteiger partial charge in [-0.05, 0) is 26.0 Å². The van der Waals surface area contributed by atoms with Crippen LogP contribution < -0.4 is 10.5 Å². The first-order valence-electron chi connectivity index (χ1n) is 4.26. The first-order valence-corrected chi connectivity index (χ1v) is 6.94. The Morgan fingerprint density at radius 3 is 2.53 bits per heavy atom. The van der Waals surface area contributed by atoms with Crippen LogP contribution in [0, 0.1) is 0 Å². The van der Waals surface area contributed by atoms with Gasteiger partial charge in [-0.15, -0.1) is 11.3 Å². The van der Waals surface area contributed by atoms with Crippen molar-refractivity contribution in [3.05, 3.63) is 16.5 Å². The topological polar surface area (TPSA) is 72.2 Å². The highest BCUT2D eigenvalue weighted by atomic mass is 35.5. The molecule has 0 spiro atoms.